The minimum absolute atomic E-state index is 0.878. The molecule has 12 rings (SSSR count). The standard InChI is InChI=1S/C50H30N2OS/c1-2-11-35(12-3-1)52-42-16-8-10-32-20-21-33-28-34(29-44(52)49(33)48(32)42)31-22-24-36(25-23-31)51(37-26-27-40-39-14-5-7-19-46(39)54-47(40)30-37)43-17-9-15-41-38-13-4-6-18-45(38)53-50(41)43/h1-30H. The summed E-state index contributed by atoms with van der Waals surface area (Å²) in [6.45, 7) is 0. The molecule has 0 radical (unpaired) electrons. The summed E-state index contributed by atoms with van der Waals surface area (Å²) in [6.07, 6.45) is 0. The molecule has 54 heavy (non-hydrogen) atoms. The van der Waals surface area contributed by atoms with E-state index in [0.717, 1.165) is 39.0 Å². The predicted molar refractivity (Wildman–Crippen MR) is 230 cm³/mol. The molecular formula is C50H30N2OS. The lowest BCUT2D eigenvalue weighted by molar-refractivity contribution is 0.669. The lowest BCUT2D eigenvalue weighted by Crippen LogP contribution is -2.10. The normalized spacial score (nSPS) is 12.1. The molecule has 3 nitrogen and oxygen atoms in total. The topological polar surface area (TPSA) is 21.3 Å². The van der Waals surface area contributed by atoms with E-state index in [9.17, 15) is 0 Å². The number of benzene rings is 9. The largest absolute Gasteiger partial charge is 0.454 e. The number of nitrogens with zero attached hydrogens (tertiary/aromatic N) is 2. The Balaban J connectivity index is 1.05. The highest BCUT2D eigenvalue weighted by atomic mass is 32.1. The highest BCUT2D eigenvalue weighted by molar-refractivity contribution is 7.25. The first-order chi connectivity index (χ1) is 26.8. The molecule has 0 aliphatic rings. The fourth-order valence-corrected chi connectivity index (χ4v) is 9.85. The van der Waals surface area contributed by atoms with Gasteiger partial charge in [-0.3, -0.25) is 0 Å². The zero-order valence-corrected chi connectivity index (χ0v) is 29.8. The number of fused-ring (bicyclic) bond motifs is 6. The number of para-hydroxylation sites is 3. The van der Waals surface area contributed by atoms with Gasteiger partial charge in [0.15, 0.2) is 5.58 Å². The Morgan fingerprint density at radius 1 is 0.444 bits per heavy atom. The predicted octanol–water partition coefficient (Wildman–Crippen LogP) is 14.8. The minimum atomic E-state index is 0.878. The van der Waals surface area contributed by atoms with Crippen molar-refractivity contribution in [2.24, 2.45) is 0 Å². The van der Waals surface area contributed by atoms with Crippen molar-refractivity contribution in [2.45, 2.75) is 0 Å². The highest BCUT2D eigenvalue weighted by Crippen LogP contribution is 2.46. The smallest absolute Gasteiger partial charge is 0.159 e. The number of hydrogen-bond acceptors (Lipinski definition) is 3. The van der Waals surface area contributed by atoms with Crippen LogP contribution in [0.5, 0.6) is 0 Å². The number of rotatable bonds is 5. The van der Waals surface area contributed by atoms with Crippen molar-refractivity contribution in [1.29, 1.82) is 0 Å². The van der Waals surface area contributed by atoms with Crippen molar-refractivity contribution in [3.05, 3.63) is 182 Å². The molecule has 3 heterocycles. The van der Waals surface area contributed by atoms with E-state index in [1.54, 1.807) is 0 Å². The fourth-order valence-electron chi connectivity index (χ4n) is 8.71. The number of furan rings is 1. The Labute approximate surface area is 314 Å². The molecule has 4 heteroatoms. The zero-order chi connectivity index (χ0) is 35.3. The number of anilines is 3. The van der Waals surface area contributed by atoms with Crippen molar-refractivity contribution >= 4 is 103 Å². The van der Waals surface area contributed by atoms with E-state index >= 15 is 0 Å². The van der Waals surface area contributed by atoms with Crippen LogP contribution in [0.2, 0.25) is 0 Å². The summed E-state index contributed by atoms with van der Waals surface area (Å²) >= 11 is 1.84. The van der Waals surface area contributed by atoms with E-state index in [2.05, 4.69) is 185 Å². The third-order valence-corrected chi connectivity index (χ3v) is 12.2. The maximum atomic E-state index is 6.63. The van der Waals surface area contributed by atoms with E-state index in [1.165, 1.54) is 69.6 Å². The molecule has 252 valence electrons. The van der Waals surface area contributed by atoms with Crippen LogP contribution in [-0.2, 0) is 0 Å². The van der Waals surface area contributed by atoms with Gasteiger partial charge in [-0.15, -0.1) is 11.3 Å². The first-order valence-corrected chi connectivity index (χ1v) is 19.2. The van der Waals surface area contributed by atoms with Crippen LogP contribution in [0.1, 0.15) is 0 Å². The lowest BCUT2D eigenvalue weighted by Gasteiger charge is -2.26. The fraction of sp³-hybridized carbons (Fsp3) is 0. The van der Waals surface area contributed by atoms with Crippen LogP contribution in [0, 0.1) is 0 Å². The molecule has 0 fully saturated rings. The monoisotopic (exact) mass is 706 g/mol. The highest BCUT2D eigenvalue weighted by Gasteiger charge is 2.22. The third kappa shape index (κ3) is 4.29. The lowest BCUT2D eigenvalue weighted by atomic mass is 9.97. The summed E-state index contributed by atoms with van der Waals surface area (Å²) in [5.41, 5.74) is 10.9. The molecule has 0 spiro atoms. The molecule has 0 N–H and O–H groups in total. The van der Waals surface area contributed by atoms with Gasteiger partial charge in [-0.1, -0.05) is 109 Å². The van der Waals surface area contributed by atoms with E-state index in [1.807, 2.05) is 17.4 Å². The molecular weight excluding hydrogens is 677 g/mol. The van der Waals surface area contributed by atoms with Gasteiger partial charge in [0.1, 0.15) is 5.58 Å². The van der Waals surface area contributed by atoms with Gasteiger partial charge >= 0.3 is 0 Å². The molecule has 9 aromatic carbocycles. The molecule has 0 amide bonds. The summed E-state index contributed by atoms with van der Waals surface area (Å²) < 4.78 is 11.6. The van der Waals surface area contributed by atoms with Crippen molar-refractivity contribution in [3.63, 3.8) is 0 Å². The van der Waals surface area contributed by atoms with Gasteiger partial charge in [0.25, 0.3) is 0 Å². The van der Waals surface area contributed by atoms with Crippen molar-refractivity contribution in [1.82, 2.24) is 4.57 Å². The molecule has 0 saturated heterocycles. The Bertz CT molecular complexity index is 3390. The zero-order valence-electron chi connectivity index (χ0n) is 29.0. The van der Waals surface area contributed by atoms with E-state index in [4.69, 9.17) is 4.42 Å². The maximum absolute atomic E-state index is 6.63. The summed E-state index contributed by atoms with van der Waals surface area (Å²) in [4.78, 5) is 2.35. The summed E-state index contributed by atoms with van der Waals surface area (Å²) in [5, 5.41) is 9.97. The van der Waals surface area contributed by atoms with Crippen molar-refractivity contribution < 1.29 is 4.42 Å². The van der Waals surface area contributed by atoms with Crippen LogP contribution in [0.4, 0.5) is 17.1 Å². The average Bonchev–Trinajstić information content (AvgIpc) is 3.91. The number of hydrogen-bond donors (Lipinski definition) is 0. The Morgan fingerprint density at radius 2 is 1.17 bits per heavy atom. The summed E-state index contributed by atoms with van der Waals surface area (Å²) in [6, 6.07) is 66.0. The quantitative estimate of drug-likeness (QED) is 0.166. The van der Waals surface area contributed by atoms with Crippen LogP contribution in [0.25, 0.3) is 91.5 Å². The van der Waals surface area contributed by atoms with Crippen LogP contribution in [0.3, 0.4) is 0 Å². The molecule has 3 aromatic heterocycles. The van der Waals surface area contributed by atoms with Crippen LogP contribution in [-0.4, -0.2) is 4.57 Å². The van der Waals surface area contributed by atoms with Gasteiger partial charge in [0, 0.05) is 58.8 Å². The minimum Gasteiger partial charge on any atom is -0.454 e. The van der Waals surface area contributed by atoms with Gasteiger partial charge < -0.3 is 13.9 Å². The average molecular weight is 707 g/mol. The Kier molecular flexibility index (Phi) is 6.21. The Hall–Kier alpha value is -6.88. The van der Waals surface area contributed by atoms with Crippen molar-refractivity contribution in [3.8, 4) is 16.8 Å². The molecule has 0 aliphatic heterocycles. The second-order valence-corrected chi connectivity index (χ2v) is 15.2. The second kappa shape index (κ2) is 11.3. The van der Waals surface area contributed by atoms with E-state index in [-0.39, 0.29) is 0 Å². The van der Waals surface area contributed by atoms with Crippen LogP contribution < -0.4 is 4.90 Å². The Morgan fingerprint density at radius 3 is 2.07 bits per heavy atom. The second-order valence-electron chi connectivity index (χ2n) is 14.1. The molecule has 0 unspecified atom stereocenters. The SMILES string of the molecule is c1ccc(-n2c3cccc4ccc5cc(-c6ccc(N(c7ccc8c(c7)sc7ccccc78)c7cccc8c7oc7ccccc78)cc6)cc2c5c43)cc1. The van der Waals surface area contributed by atoms with E-state index in [0.29, 0.717) is 0 Å². The molecule has 0 aliphatic carbocycles. The molecule has 0 saturated carbocycles. The number of aromatic nitrogens is 1. The van der Waals surface area contributed by atoms with Crippen LogP contribution in [0.15, 0.2) is 186 Å². The van der Waals surface area contributed by atoms with Gasteiger partial charge in [0.2, 0.25) is 0 Å². The van der Waals surface area contributed by atoms with Crippen LogP contribution >= 0.6 is 11.3 Å². The molecule has 12 aromatic rings. The van der Waals surface area contributed by atoms with Crippen molar-refractivity contribution in [2.75, 3.05) is 4.90 Å². The van der Waals surface area contributed by atoms with E-state index < -0.39 is 0 Å². The summed E-state index contributed by atoms with van der Waals surface area (Å²) in [5.74, 6) is 0. The molecule has 0 bridgehead atoms. The summed E-state index contributed by atoms with van der Waals surface area (Å²) in [7, 11) is 0. The van der Waals surface area contributed by atoms with Gasteiger partial charge in [-0.05, 0) is 94.7 Å². The molecule has 0 atom stereocenters. The number of thiophene rings is 1. The van der Waals surface area contributed by atoms with Gasteiger partial charge in [0.05, 0.1) is 16.7 Å². The van der Waals surface area contributed by atoms with Gasteiger partial charge in [-0.25, -0.2) is 0 Å². The third-order valence-electron chi connectivity index (χ3n) is 11.1. The van der Waals surface area contributed by atoms with Gasteiger partial charge in [-0.2, -0.15) is 0 Å². The maximum Gasteiger partial charge on any atom is 0.159 e. The first kappa shape index (κ1) is 29.7. The first-order valence-electron chi connectivity index (χ1n) is 18.3.